The van der Waals surface area contributed by atoms with E-state index in [1.165, 1.54) is 4.88 Å². The van der Waals surface area contributed by atoms with Crippen LogP contribution >= 0.6 is 27.3 Å². The van der Waals surface area contributed by atoms with Gasteiger partial charge in [0.15, 0.2) is 0 Å². The molecule has 2 aromatic heterocycles. The summed E-state index contributed by atoms with van der Waals surface area (Å²) in [5.74, 6) is 0.570. The van der Waals surface area contributed by atoms with E-state index in [1.807, 2.05) is 19.2 Å². The minimum absolute atomic E-state index is 0.570. The molecule has 0 aliphatic rings. The van der Waals surface area contributed by atoms with E-state index in [0.29, 0.717) is 5.82 Å². The van der Waals surface area contributed by atoms with Crippen LogP contribution in [0, 0.1) is 0 Å². The molecule has 84 valence electrons. The highest BCUT2D eigenvalue weighted by molar-refractivity contribution is 9.10. The number of nitrogens with two attached hydrogens (primary N) is 1. The van der Waals surface area contributed by atoms with E-state index in [1.54, 1.807) is 17.5 Å². The summed E-state index contributed by atoms with van der Waals surface area (Å²) in [5.41, 5.74) is 6.79. The number of hydrogen-bond donors (Lipinski definition) is 1. The second-order valence-electron chi connectivity index (χ2n) is 3.50. The van der Waals surface area contributed by atoms with Crippen LogP contribution in [0.15, 0.2) is 34.2 Å². The van der Waals surface area contributed by atoms with E-state index in [2.05, 4.69) is 37.3 Å². The Morgan fingerprint density at radius 3 is 3.00 bits per heavy atom. The molecular formula is C11H12BrN3S. The fraction of sp³-hybridized carbons (Fsp3) is 0.182. The van der Waals surface area contributed by atoms with Crippen molar-refractivity contribution in [3.05, 3.63) is 39.1 Å². The van der Waals surface area contributed by atoms with Crippen molar-refractivity contribution < 1.29 is 0 Å². The molecule has 0 atom stereocenters. The Bertz CT molecular complexity index is 484. The third kappa shape index (κ3) is 2.54. The fourth-order valence-electron chi connectivity index (χ4n) is 1.49. The van der Waals surface area contributed by atoms with Gasteiger partial charge in [-0.1, -0.05) is 0 Å². The Labute approximate surface area is 107 Å². The van der Waals surface area contributed by atoms with Gasteiger partial charge in [-0.25, -0.2) is 4.98 Å². The summed E-state index contributed by atoms with van der Waals surface area (Å²) < 4.78 is 1.13. The highest BCUT2D eigenvalue weighted by Crippen LogP contribution is 2.25. The van der Waals surface area contributed by atoms with Crippen LogP contribution in [0.4, 0.5) is 11.5 Å². The van der Waals surface area contributed by atoms with E-state index < -0.39 is 0 Å². The highest BCUT2D eigenvalue weighted by Gasteiger charge is 2.07. The van der Waals surface area contributed by atoms with Crippen LogP contribution in [0.3, 0.4) is 0 Å². The van der Waals surface area contributed by atoms with Crippen molar-refractivity contribution in [2.75, 3.05) is 17.7 Å². The number of aromatic nitrogens is 1. The maximum atomic E-state index is 5.82. The number of nitrogens with zero attached hydrogens (tertiary/aromatic N) is 2. The first-order valence-electron chi connectivity index (χ1n) is 4.81. The summed E-state index contributed by atoms with van der Waals surface area (Å²) in [4.78, 5) is 7.46. The van der Waals surface area contributed by atoms with Crippen molar-refractivity contribution in [1.29, 1.82) is 0 Å². The molecular weight excluding hydrogens is 286 g/mol. The summed E-state index contributed by atoms with van der Waals surface area (Å²) in [6.45, 7) is 0.839. The molecule has 2 aromatic rings. The van der Waals surface area contributed by atoms with Crippen LogP contribution < -0.4 is 10.6 Å². The van der Waals surface area contributed by atoms with Crippen LogP contribution in [0.25, 0.3) is 0 Å². The Morgan fingerprint density at radius 2 is 2.38 bits per heavy atom. The van der Waals surface area contributed by atoms with Gasteiger partial charge in [0.25, 0.3) is 0 Å². The predicted molar refractivity (Wildman–Crippen MR) is 72.8 cm³/mol. The summed E-state index contributed by atoms with van der Waals surface area (Å²) in [6.07, 6.45) is 1.70. The van der Waals surface area contributed by atoms with Gasteiger partial charge in [-0.15, -0.1) is 11.3 Å². The lowest BCUT2D eigenvalue weighted by atomic mass is 10.3. The first-order valence-corrected chi connectivity index (χ1v) is 6.48. The van der Waals surface area contributed by atoms with Crippen molar-refractivity contribution >= 4 is 38.8 Å². The first-order chi connectivity index (χ1) is 7.66. The van der Waals surface area contributed by atoms with Gasteiger partial charge in [-0.2, -0.15) is 0 Å². The molecule has 0 aliphatic carbocycles. The minimum Gasteiger partial charge on any atom is -0.382 e. The van der Waals surface area contributed by atoms with Gasteiger partial charge < -0.3 is 10.6 Å². The quantitative estimate of drug-likeness (QED) is 0.946. The van der Waals surface area contributed by atoms with Crippen LogP contribution in [0.5, 0.6) is 0 Å². The lowest BCUT2D eigenvalue weighted by Crippen LogP contribution is -2.17. The lowest BCUT2D eigenvalue weighted by molar-refractivity contribution is 0.937. The monoisotopic (exact) mass is 297 g/mol. The zero-order valence-corrected chi connectivity index (χ0v) is 11.3. The van der Waals surface area contributed by atoms with E-state index in [9.17, 15) is 0 Å². The molecule has 5 heteroatoms. The Balaban J connectivity index is 2.14. The average molecular weight is 298 g/mol. The third-order valence-electron chi connectivity index (χ3n) is 2.24. The molecule has 0 unspecified atom stereocenters. The van der Waals surface area contributed by atoms with Gasteiger partial charge in [0.2, 0.25) is 0 Å². The molecule has 0 amide bonds. The van der Waals surface area contributed by atoms with E-state index >= 15 is 0 Å². The number of pyridine rings is 1. The van der Waals surface area contributed by atoms with E-state index in [0.717, 1.165) is 16.7 Å². The summed E-state index contributed by atoms with van der Waals surface area (Å²) >= 11 is 5.18. The molecule has 2 rings (SSSR count). The summed E-state index contributed by atoms with van der Waals surface area (Å²) in [6, 6.07) is 5.99. The standard InChI is InChI=1S/C11H12BrN3S/c1-15(6-9-5-8(12)7-16-9)10-3-2-4-14-11(10)13/h2-5,7H,6H2,1H3,(H2,13,14). The average Bonchev–Trinajstić information content (AvgIpc) is 2.64. The van der Waals surface area contributed by atoms with Crippen molar-refractivity contribution in [2.45, 2.75) is 6.54 Å². The topological polar surface area (TPSA) is 42.2 Å². The second-order valence-corrected chi connectivity index (χ2v) is 5.41. The second kappa shape index (κ2) is 4.84. The van der Waals surface area contributed by atoms with Crippen molar-refractivity contribution in [1.82, 2.24) is 4.98 Å². The Morgan fingerprint density at radius 1 is 1.56 bits per heavy atom. The van der Waals surface area contributed by atoms with E-state index in [4.69, 9.17) is 5.73 Å². The number of nitrogen functional groups attached to an aromatic ring is 1. The Hall–Kier alpha value is -1.07. The fourth-order valence-corrected chi connectivity index (χ4v) is 2.99. The van der Waals surface area contributed by atoms with Gasteiger partial charge >= 0.3 is 0 Å². The van der Waals surface area contributed by atoms with Gasteiger partial charge in [-0.05, 0) is 34.1 Å². The van der Waals surface area contributed by atoms with Gasteiger partial charge in [0.1, 0.15) is 5.82 Å². The number of rotatable bonds is 3. The smallest absolute Gasteiger partial charge is 0.146 e. The third-order valence-corrected chi connectivity index (χ3v) is 3.92. The molecule has 2 N–H and O–H groups in total. The van der Waals surface area contributed by atoms with Gasteiger partial charge in [-0.3, -0.25) is 0 Å². The highest BCUT2D eigenvalue weighted by atomic mass is 79.9. The molecule has 16 heavy (non-hydrogen) atoms. The zero-order valence-electron chi connectivity index (χ0n) is 8.85. The van der Waals surface area contributed by atoms with Crippen LogP contribution in [-0.2, 0) is 6.54 Å². The molecule has 0 aliphatic heterocycles. The molecule has 0 radical (unpaired) electrons. The molecule has 0 bridgehead atoms. The van der Waals surface area contributed by atoms with Crippen LogP contribution in [0.1, 0.15) is 4.88 Å². The van der Waals surface area contributed by atoms with Crippen molar-refractivity contribution in [3.8, 4) is 0 Å². The molecule has 0 saturated heterocycles. The number of hydrogen-bond acceptors (Lipinski definition) is 4. The van der Waals surface area contributed by atoms with E-state index in [-0.39, 0.29) is 0 Å². The maximum absolute atomic E-state index is 5.82. The SMILES string of the molecule is CN(Cc1cc(Br)cs1)c1cccnc1N. The summed E-state index contributed by atoms with van der Waals surface area (Å²) in [7, 11) is 2.01. The number of anilines is 2. The van der Waals surface area contributed by atoms with Crippen LogP contribution in [0.2, 0.25) is 0 Å². The summed E-state index contributed by atoms with van der Waals surface area (Å²) in [5, 5.41) is 2.08. The van der Waals surface area contributed by atoms with Gasteiger partial charge in [0.05, 0.1) is 12.2 Å². The zero-order chi connectivity index (χ0) is 11.5. The largest absolute Gasteiger partial charge is 0.382 e. The van der Waals surface area contributed by atoms with Crippen molar-refractivity contribution in [2.24, 2.45) is 0 Å². The molecule has 0 spiro atoms. The molecule has 2 heterocycles. The number of thiophene rings is 1. The molecule has 0 saturated carbocycles. The predicted octanol–water partition coefficient (Wildman–Crippen LogP) is 3.12. The molecule has 3 nitrogen and oxygen atoms in total. The van der Waals surface area contributed by atoms with Crippen LogP contribution in [-0.4, -0.2) is 12.0 Å². The number of halogens is 1. The lowest BCUT2D eigenvalue weighted by Gasteiger charge is -2.19. The molecule has 0 fully saturated rings. The first kappa shape index (κ1) is 11.4. The van der Waals surface area contributed by atoms with Crippen molar-refractivity contribution in [3.63, 3.8) is 0 Å². The minimum atomic E-state index is 0.570. The molecule has 0 aromatic carbocycles. The normalized spacial score (nSPS) is 10.4. The Kier molecular flexibility index (Phi) is 3.46. The maximum Gasteiger partial charge on any atom is 0.146 e. The van der Waals surface area contributed by atoms with Gasteiger partial charge in [0, 0.05) is 28.0 Å².